The number of carbonyl (C=O) groups is 1. The van der Waals surface area contributed by atoms with E-state index in [0.29, 0.717) is 12.2 Å². The van der Waals surface area contributed by atoms with Crippen LogP contribution >= 0.6 is 11.8 Å². The van der Waals surface area contributed by atoms with Crippen LogP contribution in [0, 0.1) is 13.8 Å². The van der Waals surface area contributed by atoms with E-state index in [1.165, 1.54) is 17.3 Å². The molecule has 1 N–H and O–H groups in total. The Bertz CT molecular complexity index is 655. The second kappa shape index (κ2) is 6.01. The van der Waals surface area contributed by atoms with Crippen molar-refractivity contribution in [1.82, 2.24) is 5.32 Å². The summed E-state index contributed by atoms with van der Waals surface area (Å²) < 4.78 is 23.1. The van der Waals surface area contributed by atoms with Crippen molar-refractivity contribution < 1.29 is 13.2 Å². The molecule has 116 valence electrons. The van der Waals surface area contributed by atoms with Gasteiger partial charge in [0.2, 0.25) is 5.91 Å². The third-order valence-electron chi connectivity index (χ3n) is 3.63. The molecule has 1 unspecified atom stereocenters. The molecule has 1 heterocycles. The van der Waals surface area contributed by atoms with Crippen LogP contribution in [0.3, 0.4) is 0 Å². The van der Waals surface area contributed by atoms with Crippen molar-refractivity contribution in [3.05, 3.63) is 29.3 Å². The fourth-order valence-electron chi connectivity index (χ4n) is 2.59. The topological polar surface area (TPSA) is 63.2 Å². The Kier molecular flexibility index (Phi) is 4.68. The molecule has 1 aliphatic heterocycles. The molecule has 1 amide bonds. The largest absolute Gasteiger partial charge is 0.349 e. The fourth-order valence-corrected chi connectivity index (χ4v) is 5.49. The lowest BCUT2D eigenvalue weighted by atomic mass is 10.0. The summed E-state index contributed by atoms with van der Waals surface area (Å²) in [5.41, 5.74) is 1.74. The Morgan fingerprint density at radius 3 is 2.67 bits per heavy atom. The zero-order chi connectivity index (χ0) is 15.7. The zero-order valence-electron chi connectivity index (χ0n) is 12.6. The van der Waals surface area contributed by atoms with Gasteiger partial charge in [-0.2, -0.15) is 0 Å². The molecular weight excluding hydrogens is 306 g/mol. The van der Waals surface area contributed by atoms with Crippen LogP contribution in [-0.2, 0) is 14.6 Å². The molecule has 1 aromatic carbocycles. The van der Waals surface area contributed by atoms with Crippen molar-refractivity contribution >= 4 is 27.5 Å². The van der Waals surface area contributed by atoms with Gasteiger partial charge in [0.1, 0.15) is 0 Å². The molecule has 1 saturated heterocycles. The van der Waals surface area contributed by atoms with Gasteiger partial charge in [-0.25, -0.2) is 8.42 Å². The first-order valence-electron chi connectivity index (χ1n) is 6.91. The summed E-state index contributed by atoms with van der Waals surface area (Å²) in [6.07, 6.45) is 0.495. The van der Waals surface area contributed by atoms with Crippen LogP contribution in [0.1, 0.15) is 24.5 Å². The van der Waals surface area contributed by atoms with E-state index >= 15 is 0 Å². The maximum atomic E-state index is 12.0. The molecule has 2 rings (SSSR count). The number of thioether (sulfide) groups is 1. The summed E-state index contributed by atoms with van der Waals surface area (Å²) in [6, 6.07) is 6.13. The maximum absolute atomic E-state index is 12.0. The van der Waals surface area contributed by atoms with Crippen LogP contribution in [-0.4, -0.2) is 37.1 Å². The summed E-state index contributed by atoms with van der Waals surface area (Å²) in [5.74, 6) is 0.396. The Hall–Kier alpha value is -1.01. The van der Waals surface area contributed by atoms with Gasteiger partial charge in [-0.05, 0) is 38.8 Å². The SMILES string of the molecule is Cc1ccc(SCC(=O)NC2(C)CCS(=O)(=O)C2)c(C)c1. The molecule has 0 radical (unpaired) electrons. The van der Waals surface area contributed by atoms with Crippen molar-refractivity contribution in [3.63, 3.8) is 0 Å². The second-order valence-electron chi connectivity index (χ2n) is 6.01. The first-order valence-corrected chi connectivity index (χ1v) is 9.71. The lowest BCUT2D eigenvalue weighted by molar-refractivity contribution is -0.120. The predicted molar refractivity (Wildman–Crippen MR) is 86.5 cm³/mol. The molecule has 4 nitrogen and oxygen atoms in total. The third-order valence-corrected chi connectivity index (χ3v) is 6.71. The van der Waals surface area contributed by atoms with E-state index in [1.807, 2.05) is 26.0 Å². The second-order valence-corrected chi connectivity index (χ2v) is 9.21. The van der Waals surface area contributed by atoms with Gasteiger partial charge in [-0.3, -0.25) is 4.79 Å². The summed E-state index contributed by atoms with van der Waals surface area (Å²) in [6.45, 7) is 5.87. The van der Waals surface area contributed by atoms with Gasteiger partial charge in [0.15, 0.2) is 9.84 Å². The number of sulfone groups is 1. The van der Waals surface area contributed by atoms with E-state index in [0.717, 1.165) is 10.5 Å². The van der Waals surface area contributed by atoms with E-state index in [1.54, 1.807) is 6.92 Å². The van der Waals surface area contributed by atoms with E-state index < -0.39 is 15.4 Å². The molecule has 0 aromatic heterocycles. The van der Waals surface area contributed by atoms with Crippen molar-refractivity contribution in [1.29, 1.82) is 0 Å². The van der Waals surface area contributed by atoms with E-state index in [-0.39, 0.29) is 17.4 Å². The van der Waals surface area contributed by atoms with Gasteiger partial charge in [0.25, 0.3) is 0 Å². The van der Waals surface area contributed by atoms with Gasteiger partial charge < -0.3 is 5.32 Å². The smallest absolute Gasteiger partial charge is 0.230 e. The molecule has 0 bridgehead atoms. The highest BCUT2D eigenvalue weighted by Crippen LogP contribution is 2.25. The first-order chi connectivity index (χ1) is 9.69. The van der Waals surface area contributed by atoms with Crippen LogP contribution in [0.4, 0.5) is 0 Å². The highest BCUT2D eigenvalue weighted by Gasteiger charge is 2.39. The number of aryl methyl sites for hydroxylation is 2. The number of rotatable bonds is 4. The molecular formula is C15H21NO3S2. The molecule has 1 aliphatic rings. The van der Waals surface area contributed by atoms with Gasteiger partial charge in [0.05, 0.1) is 22.8 Å². The highest BCUT2D eigenvalue weighted by molar-refractivity contribution is 8.00. The fraction of sp³-hybridized carbons (Fsp3) is 0.533. The van der Waals surface area contributed by atoms with Crippen molar-refractivity contribution in [2.75, 3.05) is 17.3 Å². The molecule has 1 atom stereocenters. The Morgan fingerprint density at radius 1 is 1.38 bits per heavy atom. The number of benzene rings is 1. The lowest BCUT2D eigenvalue weighted by Crippen LogP contribution is -2.47. The molecule has 0 saturated carbocycles. The Morgan fingerprint density at radius 2 is 2.10 bits per heavy atom. The van der Waals surface area contributed by atoms with Gasteiger partial charge >= 0.3 is 0 Å². The zero-order valence-corrected chi connectivity index (χ0v) is 14.2. The van der Waals surface area contributed by atoms with E-state index in [2.05, 4.69) is 11.4 Å². The van der Waals surface area contributed by atoms with Crippen molar-refractivity contribution in [3.8, 4) is 0 Å². The average Bonchev–Trinajstić information content (AvgIpc) is 2.62. The van der Waals surface area contributed by atoms with Crippen LogP contribution in [0.25, 0.3) is 0 Å². The van der Waals surface area contributed by atoms with Crippen LogP contribution < -0.4 is 5.32 Å². The summed E-state index contributed by atoms with van der Waals surface area (Å²) in [5, 5.41) is 2.87. The minimum atomic E-state index is -3.00. The van der Waals surface area contributed by atoms with E-state index in [9.17, 15) is 13.2 Å². The van der Waals surface area contributed by atoms with E-state index in [4.69, 9.17) is 0 Å². The van der Waals surface area contributed by atoms with Gasteiger partial charge in [0, 0.05) is 4.90 Å². The minimum absolute atomic E-state index is 0.0416. The summed E-state index contributed by atoms with van der Waals surface area (Å²) >= 11 is 1.48. The molecule has 21 heavy (non-hydrogen) atoms. The van der Waals surface area contributed by atoms with Crippen molar-refractivity contribution in [2.24, 2.45) is 0 Å². The quantitative estimate of drug-likeness (QED) is 0.860. The number of amides is 1. The van der Waals surface area contributed by atoms with Crippen LogP contribution in [0.15, 0.2) is 23.1 Å². The Labute approximate surface area is 130 Å². The number of hydrogen-bond acceptors (Lipinski definition) is 4. The van der Waals surface area contributed by atoms with Crippen molar-refractivity contribution in [2.45, 2.75) is 37.6 Å². The number of hydrogen-bond donors (Lipinski definition) is 1. The Balaban J connectivity index is 1.91. The first kappa shape index (κ1) is 16.4. The number of carbonyl (C=O) groups excluding carboxylic acids is 1. The third kappa shape index (κ3) is 4.48. The minimum Gasteiger partial charge on any atom is -0.349 e. The molecule has 0 aliphatic carbocycles. The monoisotopic (exact) mass is 327 g/mol. The molecule has 6 heteroatoms. The highest BCUT2D eigenvalue weighted by atomic mass is 32.2. The normalized spacial score (nSPS) is 24.0. The maximum Gasteiger partial charge on any atom is 0.230 e. The van der Waals surface area contributed by atoms with Gasteiger partial charge in [-0.1, -0.05) is 17.7 Å². The van der Waals surface area contributed by atoms with Crippen LogP contribution in [0.5, 0.6) is 0 Å². The summed E-state index contributed by atoms with van der Waals surface area (Å²) in [7, 11) is -3.00. The number of nitrogens with one attached hydrogen (secondary N) is 1. The standard InChI is InChI=1S/C15H21NO3S2/c1-11-4-5-13(12(2)8-11)20-9-14(17)16-15(3)6-7-21(18,19)10-15/h4-5,8H,6-7,9-10H2,1-3H3,(H,16,17). The molecule has 1 fully saturated rings. The lowest BCUT2D eigenvalue weighted by Gasteiger charge is -2.23. The average molecular weight is 327 g/mol. The summed E-state index contributed by atoms with van der Waals surface area (Å²) in [4.78, 5) is 13.1. The molecule has 1 aromatic rings. The predicted octanol–water partition coefficient (Wildman–Crippen LogP) is 2.09. The van der Waals surface area contributed by atoms with Crippen LogP contribution in [0.2, 0.25) is 0 Å². The van der Waals surface area contributed by atoms with Gasteiger partial charge in [-0.15, -0.1) is 11.8 Å². The molecule has 0 spiro atoms.